The number of carbonyl (C=O) groups excluding carboxylic acids is 1. The van der Waals surface area contributed by atoms with E-state index in [-0.39, 0.29) is 19.1 Å². The molecule has 0 saturated heterocycles. The third-order valence-electron chi connectivity index (χ3n) is 2.42. The van der Waals surface area contributed by atoms with Crippen molar-refractivity contribution in [1.82, 2.24) is 4.90 Å². The zero-order chi connectivity index (χ0) is 13.4. The molecule has 0 heterocycles. The Hall–Kier alpha value is -1.83. The first-order valence-corrected chi connectivity index (χ1v) is 5.59. The zero-order valence-electron chi connectivity index (χ0n) is 10.6. The molecule has 0 aliphatic rings. The summed E-state index contributed by atoms with van der Waals surface area (Å²) in [5.74, 6) is 5.40. The van der Waals surface area contributed by atoms with Gasteiger partial charge in [-0.2, -0.15) is 0 Å². The second-order valence-electron chi connectivity index (χ2n) is 3.80. The standard InChI is InChI=1S/C14H17NO3/c1-15(14(17)11-18-2)10-13-7-4-3-6-12(13)8-5-9-16/h3-4,6-7,16H,9-11H2,1-2H3. The summed E-state index contributed by atoms with van der Waals surface area (Å²) in [4.78, 5) is 13.2. The lowest BCUT2D eigenvalue weighted by atomic mass is 10.1. The lowest BCUT2D eigenvalue weighted by molar-refractivity contribution is -0.134. The SMILES string of the molecule is COCC(=O)N(C)Cc1ccccc1C#CCO. The van der Waals surface area contributed by atoms with E-state index >= 15 is 0 Å². The predicted molar refractivity (Wildman–Crippen MR) is 68.8 cm³/mol. The summed E-state index contributed by atoms with van der Waals surface area (Å²) >= 11 is 0. The van der Waals surface area contributed by atoms with Crippen LogP contribution in [0.2, 0.25) is 0 Å². The summed E-state index contributed by atoms with van der Waals surface area (Å²) in [7, 11) is 3.21. The maximum atomic E-state index is 11.6. The Morgan fingerprint density at radius 1 is 1.44 bits per heavy atom. The molecule has 0 saturated carbocycles. The Labute approximate surface area is 107 Å². The van der Waals surface area contributed by atoms with Crippen LogP contribution in [-0.4, -0.2) is 43.3 Å². The van der Waals surface area contributed by atoms with Crippen molar-refractivity contribution in [3.8, 4) is 11.8 Å². The van der Waals surface area contributed by atoms with Gasteiger partial charge in [0.15, 0.2) is 0 Å². The third-order valence-corrected chi connectivity index (χ3v) is 2.42. The molecule has 0 atom stereocenters. The number of amides is 1. The predicted octanol–water partition coefficient (Wildman–Crippen LogP) is 0.635. The van der Waals surface area contributed by atoms with Gasteiger partial charge in [-0.3, -0.25) is 4.79 Å². The van der Waals surface area contributed by atoms with Crippen molar-refractivity contribution < 1.29 is 14.6 Å². The van der Waals surface area contributed by atoms with Crippen LogP contribution in [0.15, 0.2) is 24.3 Å². The number of hydrogen-bond acceptors (Lipinski definition) is 3. The lowest BCUT2D eigenvalue weighted by Crippen LogP contribution is -2.29. The lowest BCUT2D eigenvalue weighted by Gasteiger charge is -2.17. The molecule has 4 heteroatoms. The Kier molecular flexibility index (Phi) is 5.92. The van der Waals surface area contributed by atoms with Gasteiger partial charge in [-0.15, -0.1) is 0 Å². The Bertz CT molecular complexity index is 460. The van der Waals surface area contributed by atoms with Crippen LogP contribution in [0.4, 0.5) is 0 Å². The molecule has 1 aromatic rings. The second kappa shape index (κ2) is 7.49. The van der Waals surface area contributed by atoms with Crippen LogP contribution in [0.1, 0.15) is 11.1 Å². The van der Waals surface area contributed by atoms with Gasteiger partial charge in [-0.1, -0.05) is 30.0 Å². The van der Waals surface area contributed by atoms with Crippen molar-refractivity contribution in [3.63, 3.8) is 0 Å². The van der Waals surface area contributed by atoms with Gasteiger partial charge in [0.25, 0.3) is 0 Å². The van der Waals surface area contributed by atoms with Gasteiger partial charge >= 0.3 is 0 Å². The maximum absolute atomic E-state index is 11.6. The topological polar surface area (TPSA) is 49.8 Å². The first-order valence-electron chi connectivity index (χ1n) is 5.59. The van der Waals surface area contributed by atoms with E-state index in [9.17, 15) is 4.79 Å². The van der Waals surface area contributed by atoms with Crippen molar-refractivity contribution in [1.29, 1.82) is 0 Å². The molecule has 0 radical (unpaired) electrons. The summed E-state index contributed by atoms with van der Waals surface area (Å²) in [6, 6.07) is 7.56. The van der Waals surface area contributed by atoms with E-state index < -0.39 is 0 Å². The number of benzene rings is 1. The molecule has 1 rings (SSSR count). The molecule has 0 fully saturated rings. The summed E-state index contributed by atoms with van der Waals surface area (Å²) in [6.07, 6.45) is 0. The van der Waals surface area contributed by atoms with Gasteiger partial charge < -0.3 is 14.7 Å². The fraction of sp³-hybridized carbons (Fsp3) is 0.357. The van der Waals surface area contributed by atoms with E-state index in [2.05, 4.69) is 11.8 Å². The maximum Gasteiger partial charge on any atom is 0.248 e. The molecule has 4 nitrogen and oxygen atoms in total. The number of hydrogen-bond donors (Lipinski definition) is 1. The minimum atomic E-state index is -0.174. The van der Waals surface area contributed by atoms with Crippen LogP contribution < -0.4 is 0 Å². The van der Waals surface area contributed by atoms with Crippen LogP contribution in [0.5, 0.6) is 0 Å². The van der Waals surface area contributed by atoms with Crippen molar-refractivity contribution in [3.05, 3.63) is 35.4 Å². The molecular weight excluding hydrogens is 230 g/mol. The highest BCUT2D eigenvalue weighted by Gasteiger charge is 2.10. The van der Waals surface area contributed by atoms with Crippen molar-refractivity contribution >= 4 is 5.91 Å². The van der Waals surface area contributed by atoms with Crippen molar-refractivity contribution in [2.45, 2.75) is 6.54 Å². The summed E-state index contributed by atoms with van der Waals surface area (Å²) in [5, 5.41) is 8.70. The monoisotopic (exact) mass is 247 g/mol. The minimum absolute atomic E-state index is 0.0704. The Morgan fingerprint density at radius 2 is 2.17 bits per heavy atom. The number of aliphatic hydroxyl groups is 1. The zero-order valence-corrected chi connectivity index (χ0v) is 10.6. The number of aliphatic hydroxyl groups excluding tert-OH is 1. The van der Waals surface area contributed by atoms with E-state index in [1.807, 2.05) is 24.3 Å². The van der Waals surface area contributed by atoms with Crippen molar-refractivity contribution in [2.24, 2.45) is 0 Å². The van der Waals surface area contributed by atoms with E-state index in [1.54, 1.807) is 11.9 Å². The number of likely N-dealkylation sites (N-methyl/N-ethyl adjacent to an activating group) is 1. The highest BCUT2D eigenvalue weighted by Crippen LogP contribution is 2.10. The molecule has 0 spiro atoms. The molecule has 0 bridgehead atoms. The molecule has 1 amide bonds. The quantitative estimate of drug-likeness (QED) is 0.794. The third kappa shape index (κ3) is 4.21. The minimum Gasteiger partial charge on any atom is -0.384 e. The van der Waals surface area contributed by atoms with Gasteiger partial charge in [-0.05, 0) is 11.6 Å². The highest BCUT2D eigenvalue weighted by atomic mass is 16.5. The van der Waals surface area contributed by atoms with Crippen LogP contribution in [-0.2, 0) is 16.1 Å². The van der Waals surface area contributed by atoms with Gasteiger partial charge in [0.1, 0.15) is 13.2 Å². The van der Waals surface area contributed by atoms with Crippen LogP contribution in [0.3, 0.4) is 0 Å². The van der Waals surface area contributed by atoms with Gasteiger partial charge in [0.05, 0.1) is 0 Å². The smallest absolute Gasteiger partial charge is 0.248 e. The molecule has 0 aliphatic carbocycles. The highest BCUT2D eigenvalue weighted by molar-refractivity contribution is 5.77. The van der Waals surface area contributed by atoms with Gasteiger partial charge in [0.2, 0.25) is 5.91 Å². The number of ether oxygens (including phenoxy) is 1. The second-order valence-corrected chi connectivity index (χ2v) is 3.80. The van der Waals surface area contributed by atoms with Crippen molar-refractivity contribution in [2.75, 3.05) is 27.4 Å². The van der Waals surface area contributed by atoms with Crippen LogP contribution in [0.25, 0.3) is 0 Å². The number of nitrogens with zero attached hydrogens (tertiary/aromatic N) is 1. The normalized spacial score (nSPS) is 9.50. The number of methoxy groups -OCH3 is 1. The fourth-order valence-corrected chi connectivity index (χ4v) is 1.49. The Morgan fingerprint density at radius 3 is 2.83 bits per heavy atom. The fourth-order valence-electron chi connectivity index (χ4n) is 1.49. The summed E-state index contributed by atoms with van der Waals surface area (Å²) in [6.45, 7) is 0.367. The molecule has 96 valence electrons. The largest absolute Gasteiger partial charge is 0.384 e. The summed E-state index contributed by atoms with van der Waals surface area (Å²) in [5.41, 5.74) is 1.77. The average molecular weight is 247 g/mol. The molecule has 0 unspecified atom stereocenters. The van der Waals surface area contributed by atoms with E-state index in [0.717, 1.165) is 11.1 Å². The first kappa shape index (κ1) is 14.2. The van der Waals surface area contributed by atoms with Crippen LogP contribution >= 0.6 is 0 Å². The molecule has 1 N–H and O–H groups in total. The Balaban J connectivity index is 2.80. The average Bonchev–Trinajstić information content (AvgIpc) is 2.38. The number of carbonyl (C=O) groups is 1. The molecular formula is C14H17NO3. The molecule has 1 aromatic carbocycles. The van der Waals surface area contributed by atoms with E-state index in [4.69, 9.17) is 9.84 Å². The summed E-state index contributed by atoms with van der Waals surface area (Å²) < 4.78 is 4.81. The van der Waals surface area contributed by atoms with E-state index in [0.29, 0.717) is 6.54 Å². The number of rotatable bonds is 4. The first-order chi connectivity index (χ1) is 8.69. The molecule has 0 aliphatic heterocycles. The van der Waals surface area contributed by atoms with E-state index in [1.165, 1.54) is 7.11 Å². The molecule has 18 heavy (non-hydrogen) atoms. The van der Waals surface area contributed by atoms with Gasteiger partial charge in [-0.25, -0.2) is 0 Å². The molecule has 0 aromatic heterocycles. The van der Waals surface area contributed by atoms with Gasteiger partial charge in [0, 0.05) is 26.3 Å². The van der Waals surface area contributed by atoms with Crippen LogP contribution in [0, 0.1) is 11.8 Å².